The molecular formula is C12H15F2NO. The molecular weight excluding hydrogens is 212 g/mol. The Morgan fingerprint density at radius 3 is 2.88 bits per heavy atom. The highest BCUT2D eigenvalue weighted by atomic mass is 19.3. The minimum atomic E-state index is -2.75. The Balaban J connectivity index is 2.06. The van der Waals surface area contributed by atoms with Crippen molar-refractivity contribution in [3.63, 3.8) is 0 Å². The van der Waals surface area contributed by atoms with Gasteiger partial charge in [-0.05, 0) is 37.4 Å². The molecule has 0 aliphatic carbocycles. The highest BCUT2D eigenvalue weighted by molar-refractivity contribution is 5.34. The van der Waals surface area contributed by atoms with Crippen LogP contribution in [0.3, 0.4) is 0 Å². The summed E-state index contributed by atoms with van der Waals surface area (Å²) in [5.74, 6) is 0.297. The maximum Gasteiger partial charge on any atom is 0.387 e. The lowest BCUT2D eigenvalue weighted by atomic mass is 10.0. The second kappa shape index (κ2) is 5.25. The topological polar surface area (TPSA) is 21.3 Å². The van der Waals surface area contributed by atoms with E-state index < -0.39 is 6.61 Å². The van der Waals surface area contributed by atoms with Crippen LogP contribution in [-0.2, 0) is 6.42 Å². The highest BCUT2D eigenvalue weighted by Gasteiger charge is 2.17. The second-order valence-electron chi connectivity index (χ2n) is 3.98. The fourth-order valence-electron chi connectivity index (χ4n) is 2.08. The van der Waals surface area contributed by atoms with Gasteiger partial charge < -0.3 is 10.1 Å². The lowest BCUT2D eigenvalue weighted by molar-refractivity contribution is -0.0504. The Morgan fingerprint density at radius 2 is 2.19 bits per heavy atom. The molecule has 0 radical (unpaired) electrons. The van der Waals surface area contributed by atoms with E-state index >= 15 is 0 Å². The third kappa shape index (κ3) is 2.92. The summed E-state index contributed by atoms with van der Waals surface area (Å²) in [7, 11) is 0. The Hall–Kier alpha value is -1.16. The number of nitrogens with one attached hydrogen (secondary N) is 1. The lowest BCUT2D eigenvalue weighted by Crippen LogP contribution is -2.24. The number of halogens is 2. The van der Waals surface area contributed by atoms with Crippen LogP contribution >= 0.6 is 0 Å². The van der Waals surface area contributed by atoms with E-state index in [9.17, 15) is 8.78 Å². The maximum absolute atomic E-state index is 12.2. The molecule has 1 aromatic carbocycles. The smallest absolute Gasteiger partial charge is 0.387 e. The molecule has 2 rings (SSSR count). The van der Waals surface area contributed by atoms with E-state index in [0.717, 1.165) is 31.4 Å². The Morgan fingerprint density at radius 1 is 1.38 bits per heavy atom. The van der Waals surface area contributed by atoms with Gasteiger partial charge in [-0.2, -0.15) is 8.78 Å². The Kier molecular flexibility index (Phi) is 3.72. The summed E-state index contributed by atoms with van der Waals surface area (Å²) in [5.41, 5.74) is 0.849. The monoisotopic (exact) mass is 227 g/mol. The standard InChI is InChI=1S/C12H15F2NO/c13-12(14)16-11-6-2-1-4-9(11)8-10-5-3-7-15-10/h1-2,4,6,10,12,15H,3,5,7-8H2. The van der Waals surface area contributed by atoms with Gasteiger partial charge in [0.2, 0.25) is 0 Å². The van der Waals surface area contributed by atoms with Gasteiger partial charge in [-0.1, -0.05) is 18.2 Å². The van der Waals surface area contributed by atoms with E-state index in [2.05, 4.69) is 10.1 Å². The van der Waals surface area contributed by atoms with Crippen molar-refractivity contribution in [1.82, 2.24) is 5.32 Å². The molecule has 1 aliphatic heterocycles. The number of rotatable bonds is 4. The molecule has 0 aromatic heterocycles. The highest BCUT2D eigenvalue weighted by Crippen LogP contribution is 2.23. The molecule has 0 amide bonds. The zero-order chi connectivity index (χ0) is 11.4. The molecule has 1 unspecified atom stereocenters. The van der Waals surface area contributed by atoms with Crippen molar-refractivity contribution in [3.05, 3.63) is 29.8 Å². The molecule has 1 atom stereocenters. The molecule has 1 heterocycles. The van der Waals surface area contributed by atoms with Crippen molar-refractivity contribution in [3.8, 4) is 5.75 Å². The normalized spacial score (nSPS) is 20.3. The molecule has 1 N–H and O–H groups in total. The number of alkyl halides is 2. The van der Waals surface area contributed by atoms with E-state index in [-0.39, 0.29) is 0 Å². The largest absolute Gasteiger partial charge is 0.435 e. The molecule has 1 aliphatic rings. The minimum Gasteiger partial charge on any atom is -0.435 e. The van der Waals surface area contributed by atoms with Crippen molar-refractivity contribution < 1.29 is 13.5 Å². The molecule has 1 aromatic rings. The molecule has 88 valence electrons. The van der Waals surface area contributed by atoms with Gasteiger partial charge in [0, 0.05) is 6.04 Å². The van der Waals surface area contributed by atoms with Crippen LogP contribution < -0.4 is 10.1 Å². The van der Waals surface area contributed by atoms with Gasteiger partial charge in [0.25, 0.3) is 0 Å². The van der Waals surface area contributed by atoms with Crippen LogP contribution in [0.1, 0.15) is 18.4 Å². The van der Waals surface area contributed by atoms with Crippen molar-refractivity contribution >= 4 is 0 Å². The summed E-state index contributed by atoms with van der Waals surface area (Å²) in [6, 6.07) is 7.39. The average Bonchev–Trinajstić information content (AvgIpc) is 2.73. The zero-order valence-corrected chi connectivity index (χ0v) is 8.96. The van der Waals surface area contributed by atoms with Gasteiger partial charge in [-0.25, -0.2) is 0 Å². The molecule has 1 saturated heterocycles. The zero-order valence-electron chi connectivity index (χ0n) is 8.96. The number of hydrogen-bond acceptors (Lipinski definition) is 2. The first-order chi connectivity index (χ1) is 7.75. The predicted octanol–water partition coefficient (Wildman–Crippen LogP) is 2.58. The van der Waals surface area contributed by atoms with Crippen molar-refractivity contribution in [2.24, 2.45) is 0 Å². The van der Waals surface area contributed by atoms with Crippen LogP contribution in [0.5, 0.6) is 5.75 Å². The fraction of sp³-hybridized carbons (Fsp3) is 0.500. The van der Waals surface area contributed by atoms with Crippen LogP contribution in [0.2, 0.25) is 0 Å². The second-order valence-corrected chi connectivity index (χ2v) is 3.98. The molecule has 2 nitrogen and oxygen atoms in total. The van der Waals surface area contributed by atoms with E-state index in [1.807, 2.05) is 12.1 Å². The summed E-state index contributed by atoms with van der Waals surface area (Å²) in [6.07, 6.45) is 3.01. The van der Waals surface area contributed by atoms with Crippen LogP contribution in [0.15, 0.2) is 24.3 Å². The molecule has 0 bridgehead atoms. The lowest BCUT2D eigenvalue weighted by Gasteiger charge is -2.14. The SMILES string of the molecule is FC(F)Oc1ccccc1CC1CCCN1. The van der Waals surface area contributed by atoms with E-state index in [1.54, 1.807) is 12.1 Å². The first-order valence-corrected chi connectivity index (χ1v) is 5.52. The van der Waals surface area contributed by atoms with Crippen LogP contribution in [0.25, 0.3) is 0 Å². The van der Waals surface area contributed by atoms with Crippen molar-refractivity contribution in [2.45, 2.75) is 31.9 Å². The summed E-state index contributed by atoms with van der Waals surface area (Å²) >= 11 is 0. The van der Waals surface area contributed by atoms with E-state index in [1.165, 1.54) is 0 Å². The first kappa shape index (κ1) is 11.3. The minimum absolute atomic E-state index is 0.297. The third-order valence-corrected chi connectivity index (χ3v) is 2.82. The summed E-state index contributed by atoms with van der Waals surface area (Å²) < 4.78 is 28.8. The first-order valence-electron chi connectivity index (χ1n) is 5.52. The predicted molar refractivity (Wildman–Crippen MR) is 57.8 cm³/mol. The molecule has 1 fully saturated rings. The summed E-state index contributed by atoms with van der Waals surface area (Å²) in [4.78, 5) is 0. The molecule has 4 heteroatoms. The average molecular weight is 227 g/mol. The van der Waals surface area contributed by atoms with E-state index in [0.29, 0.717) is 11.8 Å². The number of ether oxygens (including phenoxy) is 1. The van der Waals surface area contributed by atoms with Gasteiger partial charge in [0.05, 0.1) is 0 Å². The van der Waals surface area contributed by atoms with Gasteiger partial charge in [0.15, 0.2) is 0 Å². The van der Waals surface area contributed by atoms with Crippen LogP contribution in [-0.4, -0.2) is 19.2 Å². The summed E-state index contributed by atoms with van der Waals surface area (Å²) in [6.45, 7) is -1.74. The summed E-state index contributed by atoms with van der Waals surface area (Å²) in [5, 5.41) is 3.34. The Labute approximate surface area is 93.6 Å². The number of benzene rings is 1. The molecule has 0 saturated carbocycles. The molecule has 16 heavy (non-hydrogen) atoms. The number of para-hydroxylation sites is 1. The molecule has 0 spiro atoms. The van der Waals surface area contributed by atoms with Gasteiger partial charge in [-0.3, -0.25) is 0 Å². The third-order valence-electron chi connectivity index (χ3n) is 2.82. The number of hydrogen-bond donors (Lipinski definition) is 1. The van der Waals surface area contributed by atoms with Crippen LogP contribution in [0, 0.1) is 0 Å². The van der Waals surface area contributed by atoms with Gasteiger partial charge >= 0.3 is 6.61 Å². The Bertz CT molecular complexity index is 338. The van der Waals surface area contributed by atoms with Gasteiger partial charge in [0.1, 0.15) is 5.75 Å². The van der Waals surface area contributed by atoms with Crippen LogP contribution in [0.4, 0.5) is 8.78 Å². The van der Waals surface area contributed by atoms with Crippen molar-refractivity contribution in [2.75, 3.05) is 6.54 Å². The van der Waals surface area contributed by atoms with Crippen molar-refractivity contribution in [1.29, 1.82) is 0 Å². The van der Waals surface area contributed by atoms with E-state index in [4.69, 9.17) is 0 Å². The fourth-order valence-corrected chi connectivity index (χ4v) is 2.08. The maximum atomic E-state index is 12.2. The van der Waals surface area contributed by atoms with Gasteiger partial charge in [-0.15, -0.1) is 0 Å². The quantitative estimate of drug-likeness (QED) is 0.853.